The van der Waals surface area contributed by atoms with Crippen molar-refractivity contribution in [3.05, 3.63) is 24.0 Å². The van der Waals surface area contributed by atoms with Crippen LogP contribution in [0.1, 0.15) is 24.3 Å². The number of carbonyl (C=O) groups is 1. The molecule has 0 bridgehead atoms. The number of aromatic nitrogens is 1. The van der Waals surface area contributed by atoms with Crippen LogP contribution in [0.25, 0.3) is 0 Å². The summed E-state index contributed by atoms with van der Waals surface area (Å²) in [6.07, 6.45) is 1.56. The predicted molar refractivity (Wildman–Crippen MR) is 68.0 cm³/mol. The Morgan fingerprint density at radius 3 is 3.06 bits per heavy atom. The average molecular weight is 250 g/mol. The second kappa shape index (κ2) is 4.91. The lowest BCUT2D eigenvalue weighted by Gasteiger charge is -2.37. The van der Waals surface area contributed by atoms with E-state index in [1.807, 2.05) is 13.8 Å². The molecule has 6 nitrogen and oxygen atoms in total. The molecule has 0 radical (unpaired) electrons. The number of carbonyl (C=O) groups excluding carboxylic acids is 1. The molecule has 0 aliphatic carbocycles. The summed E-state index contributed by atoms with van der Waals surface area (Å²) < 4.78 is 5.58. The number of nitrogen functional groups attached to an aromatic ring is 1. The minimum atomic E-state index is -0.308. The number of nitrogens with one attached hydrogen (secondary N) is 1. The number of hydrogen-bond acceptors (Lipinski definition) is 5. The molecule has 1 aliphatic rings. The third-order valence-electron chi connectivity index (χ3n) is 2.86. The standard InChI is InChI=1S/C12H18N4O2/c1-12(2)8-16(5-6-18-12)11(17)10-7-9(15-13)3-4-14-10/h3-4,7H,5-6,8,13H2,1-2H3,(H,14,15). The summed E-state index contributed by atoms with van der Waals surface area (Å²) in [5.41, 5.74) is 3.26. The summed E-state index contributed by atoms with van der Waals surface area (Å²) in [7, 11) is 0. The summed E-state index contributed by atoms with van der Waals surface area (Å²) in [4.78, 5) is 18.1. The fourth-order valence-corrected chi connectivity index (χ4v) is 1.99. The van der Waals surface area contributed by atoms with Crippen molar-refractivity contribution in [2.75, 3.05) is 25.1 Å². The van der Waals surface area contributed by atoms with Crippen LogP contribution in [0.3, 0.4) is 0 Å². The van der Waals surface area contributed by atoms with Crippen LogP contribution in [0.15, 0.2) is 18.3 Å². The highest BCUT2D eigenvalue weighted by molar-refractivity contribution is 5.93. The zero-order chi connectivity index (χ0) is 13.2. The van der Waals surface area contributed by atoms with Gasteiger partial charge < -0.3 is 15.1 Å². The number of ether oxygens (including phenoxy) is 1. The first kappa shape index (κ1) is 12.8. The minimum Gasteiger partial charge on any atom is -0.372 e. The number of amides is 1. The van der Waals surface area contributed by atoms with E-state index < -0.39 is 0 Å². The molecule has 2 rings (SSSR count). The van der Waals surface area contributed by atoms with E-state index in [9.17, 15) is 4.79 Å². The number of morpholine rings is 1. The predicted octanol–water partition coefficient (Wildman–Crippen LogP) is 0.618. The zero-order valence-electron chi connectivity index (χ0n) is 10.6. The number of hydrogen-bond donors (Lipinski definition) is 2. The van der Waals surface area contributed by atoms with Crippen molar-refractivity contribution in [1.82, 2.24) is 9.88 Å². The van der Waals surface area contributed by atoms with Crippen molar-refractivity contribution in [3.63, 3.8) is 0 Å². The second-order valence-electron chi connectivity index (χ2n) is 4.91. The van der Waals surface area contributed by atoms with Crippen LogP contribution < -0.4 is 11.3 Å². The molecule has 0 atom stereocenters. The van der Waals surface area contributed by atoms with Crippen LogP contribution in [-0.2, 0) is 4.74 Å². The average Bonchev–Trinajstić information content (AvgIpc) is 2.37. The number of rotatable bonds is 2. The topological polar surface area (TPSA) is 80.5 Å². The van der Waals surface area contributed by atoms with E-state index >= 15 is 0 Å². The third-order valence-corrected chi connectivity index (χ3v) is 2.86. The molecule has 1 aromatic rings. The summed E-state index contributed by atoms with van der Waals surface area (Å²) in [5.74, 6) is 5.22. The lowest BCUT2D eigenvalue weighted by Crippen LogP contribution is -2.50. The van der Waals surface area contributed by atoms with Gasteiger partial charge in [0, 0.05) is 19.3 Å². The fourth-order valence-electron chi connectivity index (χ4n) is 1.99. The van der Waals surface area contributed by atoms with E-state index in [1.54, 1.807) is 23.2 Å². The smallest absolute Gasteiger partial charge is 0.272 e. The summed E-state index contributed by atoms with van der Waals surface area (Å²) in [5, 5.41) is 0. The Morgan fingerprint density at radius 2 is 2.39 bits per heavy atom. The number of nitrogens with zero attached hydrogens (tertiary/aromatic N) is 2. The van der Waals surface area contributed by atoms with Gasteiger partial charge in [0.25, 0.3) is 5.91 Å². The first-order chi connectivity index (χ1) is 8.52. The highest BCUT2D eigenvalue weighted by Crippen LogP contribution is 2.18. The highest BCUT2D eigenvalue weighted by Gasteiger charge is 2.30. The van der Waals surface area contributed by atoms with Gasteiger partial charge in [-0.1, -0.05) is 0 Å². The van der Waals surface area contributed by atoms with Crippen molar-refractivity contribution >= 4 is 11.6 Å². The van der Waals surface area contributed by atoms with Crippen molar-refractivity contribution in [1.29, 1.82) is 0 Å². The maximum absolute atomic E-state index is 12.3. The monoisotopic (exact) mass is 250 g/mol. The third kappa shape index (κ3) is 2.77. The molecule has 0 saturated carbocycles. The molecule has 6 heteroatoms. The summed E-state index contributed by atoms with van der Waals surface area (Å²) in [6, 6.07) is 3.35. The maximum Gasteiger partial charge on any atom is 0.272 e. The molecule has 2 heterocycles. The minimum absolute atomic E-state index is 0.0940. The van der Waals surface area contributed by atoms with Gasteiger partial charge in [0.1, 0.15) is 5.69 Å². The van der Waals surface area contributed by atoms with Crippen molar-refractivity contribution < 1.29 is 9.53 Å². The number of pyridine rings is 1. The lowest BCUT2D eigenvalue weighted by molar-refractivity contribution is -0.0765. The Labute approximate surface area is 106 Å². The quantitative estimate of drug-likeness (QED) is 0.594. The normalized spacial score (nSPS) is 18.5. The van der Waals surface area contributed by atoms with Crippen LogP contribution in [0, 0.1) is 0 Å². The first-order valence-corrected chi connectivity index (χ1v) is 5.88. The zero-order valence-corrected chi connectivity index (χ0v) is 10.6. The lowest BCUT2D eigenvalue weighted by atomic mass is 10.1. The number of hydrazine groups is 1. The Balaban J connectivity index is 2.15. The number of nitrogens with two attached hydrogens (primary N) is 1. The van der Waals surface area contributed by atoms with Crippen LogP contribution >= 0.6 is 0 Å². The van der Waals surface area contributed by atoms with Gasteiger partial charge in [0.2, 0.25) is 0 Å². The van der Waals surface area contributed by atoms with Gasteiger partial charge >= 0.3 is 0 Å². The van der Waals surface area contributed by atoms with Gasteiger partial charge in [0.05, 0.1) is 17.9 Å². The van der Waals surface area contributed by atoms with Crippen LogP contribution in [0.5, 0.6) is 0 Å². The molecule has 18 heavy (non-hydrogen) atoms. The molecule has 1 fully saturated rings. The van der Waals surface area contributed by atoms with Gasteiger partial charge in [-0.2, -0.15) is 0 Å². The van der Waals surface area contributed by atoms with E-state index in [-0.39, 0.29) is 11.5 Å². The SMILES string of the molecule is CC1(C)CN(C(=O)c2cc(NN)ccn2)CCO1. The molecule has 3 N–H and O–H groups in total. The highest BCUT2D eigenvalue weighted by atomic mass is 16.5. The second-order valence-corrected chi connectivity index (χ2v) is 4.91. The first-order valence-electron chi connectivity index (χ1n) is 5.88. The van der Waals surface area contributed by atoms with Crippen molar-refractivity contribution in [2.24, 2.45) is 5.84 Å². The van der Waals surface area contributed by atoms with Crippen LogP contribution in [0.4, 0.5) is 5.69 Å². The van der Waals surface area contributed by atoms with Crippen molar-refractivity contribution in [2.45, 2.75) is 19.4 Å². The molecule has 98 valence electrons. The van der Waals surface area contributed by atoms with E-state index in [4.69, 9.17) is 10.6 Å². The van der Waals surface area contributed by atoms with Gasteiger partial charge in [-0.3, -0.25) is 15.6 Å². The summed E-state index contributed by atoms with van der Waals surface area (Å²) >= 11 is 0. The van der Waals surface area contributed by atoms with E-state index in [0.717, 1.165) is 0 Å². The Morgan fingerprint density at radius 1 is 1.61 bits per heavy atom. The number of anilines is 1. The molecule has 1 aromatic heterocycles. The molecule has 1 amide bonds. The molecule has 0 spiro atoms. The molecular weight excluding hydrogens is 232 g/mol. The Bertz CT molecular complexity index is 447. The maximum atomic E-state index is 12.3. The molecule has 1 aliphatic heterocycles. The fraction of sp³-hybridized carbons (Fsp3) is 0.500. The van der Waals surface area contributed by atoms with Gasteiger partial charge in [-0.05, 0) is 26.0 Å². The Hall–Kier alpha value is -1.66. The van der Waals surface area contributed by atoms with Crippen LogP contribution in [-0.4, -0.2) is 41.1 Å². The largest absolute Gasteiger partial charge is 0.372 e. The molecule has 0 aromatic carbocycles. The molecular formula is C12H18N4O2. The van der Waals surface area contributed by atoms with E-state index in [2.05, 4.69) is 10.4 Å². The Kier molecular flexibility index (Phi) is 3.49. The van der Waals surface area contributed by atoms with Gasteiger partial charge in [-0.15, -0.1) is 0 Å². The van der Waals surface area contributed by atoms with E-state index in [1.165, 1.54) is 0 Å². The van der Waals surface area contributed by atoms with Gasteiger partial charge in [0.15, 0.2) is 0 Å². The van der Waals surface area contributed by atoms with Crippen molar-refractivity contribution in [3.8, 4) is 0 Å². The van der Waals surface area contributed by atoms with Gasteiger partial charge in [-0.25, -0.2) is 0 Å². The summed E-state index contributed by atoms with van der Waals surface area (Å²) in [6.45, 7) is 5.64. The molecule has 1 saturated heterocycles. The van der Waals surface area contributed by atoms with E-state index in [0.29, 0.717) is 31.1 Å². The van der Waals surface area contributed by atoms with Crippen LogP contribution in [0.2, 0.25) is 0 Å². The molecule has 0 unspecified atom stereocenters.